The summed E-state index contributed by atoms with van der Waals surface area (Å²) in [6.07, 6.45) is 0.927. The van der Waals surface area contributed by atoms with Crippen LogP contribution < -0.4 is 4.72 Å². The number of hydrogen-bond donors (Lipinski definition) is 1. The second-order valence-electron chi connectivity index (χ2n) is 5.57. The van der Waals surface area contributed by atoms with Gasteiger partial charge in [0, 0.05) is 37.6 Å². The van der Waals surface area contributed by atoms with Gasteiger partial charge in [0.15, 0.2) is 0 Å². The molecule has 0 aromatic carbocycles. The predicted molar refractivity (Wildman–Crippen MR) is 85.5 cm³/mol. The van der Waals surface area contributed by atoms with Crippen molar-refractivity contribution < 1.29 is 8.42 Å². The lowest BCUT2D eigenvalue weighted by molar-refractivity contribution is 0.274. The van der Waals surface area contributed by atoms with Gasteiger partial charge in [-0.1, -0.05) is 6.92 Å². The Morgan fingerprint density at radius 1 is 1.57 bits per heavy atom. The van der Waals surface area contributed by atoms with E-state index in [0.717, 1.165) is 25.2 Å². The Morgan fingerprint density at radius 3 is 2.95 bits per heavy atom. The number of aromatic nitrogens is 1. The third kappa shape index (κ3) is 4.46. The van der Waals surface area contributed by atoms with Crippen molar-refractivity contribution in [3.8, 4) is 0 Å². The van der Waals surface area contributed by atoms with Crippen molar-refractivity contribution >= 4 is 21.5 Å². The molecular weight excluding hydrogens is 308 g/mol. The van der Waals surface area contributed by atoms with Gasteiger partial charge in [0.2, 0.25) is 0 Å². The standard InChI is InChI=1S/C13H24N4O2S2/c1-4-15-21(18,19)17-6-5-12(8-17)7-16(3)9-13-11(2)14-10-20-13/h10,12,15H,4-9H2,1-3H3/t12-/m0/s1. The number of nitrogens with zero attached hydrogens (tertiary/aromatic N) is 3. The summed E-state index contributed by atoms with van der Waals surface area (Å²) in [4.78, 5) is 7.81. The van der Waals surface area contributed by atoms with E-state index >= 15 is 0 Å². The van der Waals surface area contributed by atoms with Gasteiger partial charge in [-0.25, -0.2) is 9.71 Å². The van der Waals surface area contributed by atoms with Gasteiger partial charge in [-0.2, -0.15) is 12.7 Å². The second-order valence-corrected chi connectivity index (χ2v) is 8.27. The maximum Gasteiger partial charge on any atom is 0.279 e. The summed E-state index contributed by atoms with van der Waals surface area (Å²) in [5.74, 6) is 0.400. The van der Waals surface area contributed by atoms with Gasteiger partial charge in [-0.15, -0.1) is 11.3 Å². The molecule has 1 saturated heterocycles. The van der Waals surface area contributed by atoms with Crippen molar-refractivity contribution in [3.05, 3.63) is 16.1 Å². The van der Waals surface area contributed by atoms with Crippen LogP contribution in [0.5, 0.6) is 0 Å². The molecule has 1 aromatic rings. The largest absolute Gasteiger partial charge is 0.301 e. The van der Waals surface area contributed by atoms with Crippen molar-refractivity contribution in [2.75, 3.05) is 33.2 Å². The van der Waals surface area contributed by atoms with E-state index in [9.17, 15) is 8.42 Å². The highest BCUT2D eigenvalue weighted by molar-refractivity contribution is 7.87. The lowest BCUT2D eigenvalue weighted by Gasteiger charge is -2.21. The molecule has 0 bridgehead atoms. The van der Waals surface area contributed by atoms with Gasteiger partial charge in [-0.3, -0.25) is 0 Å². The van der Waals surface area contributed by atoms with E-state index in [1.54, 1.807) is 22.6 Å². The molecule has 0 amide bonds. The smallest absolute Gasteiger partial charge is 0.279 e. The van der Waals surface area contributed by atoms with Crippen LogP contribution in [0.1, 0.15) is 23.9 Å². The Morgan fingerprint density at radius 2 is 2.33 bits per heavy atom. The zero-order valence-corrected chi connectivity index (χ0v) is 14.5. The van der Waals surface area contributed by atoms with Crippen LogP contribution in [0.2, 0.25) is 0 Å². The monoisotopic (exact) mass is 332 g/mol. The quantitative estimate of drug-likeness (QED) is 0.811. The van der Waals surface area contributed by atoms with Crippen LogP contribution >= 0.6 is 11.3 Å². The average Bonchev–Trinajstić information content (AvgIpc) is 3.00. The first-order chi connectivity index (χ1) is 9.92. The molecule has 0 aliphatic carbocycles. The molecule has 21 heavy (non-hydrogen) atoms. The fourth-order valence-corrected chi connectivity index (χ4v) is 4.82. The number of aryl methyl sites for hydroxylation is 1. The highest BCUT2D eigenvalue weighted by Crippen LogP contribution is 2.21. The molecule has 1 aromatic heterocycles. The summed E-state index contributed by atoms with van der Waals surface area (Å²) >= 11 is 1.68. The molecule has 1 N–H and O–H groups in total. The maximum absolute atomic E-state index is 12.0. The third-order valence-electron chi connectivity index (χ3n) is 3.74. The van der Waals surface area contributed by atoms with Gasteiger partial charge >= 0.3 is 0 Å². The summed E-state index contributed by atoms with van der Waals surface area (Å²) in [6, 6.07) is 0. The van der Waals surface area contributed by atoms with Crippen LogP contribution in [0, 0.1) is 12.8 Å². The van der Waals surface area contributed by atoms with E-state index in [1.807, 2.05) is 12.4 Å². The molecule has 1 atom stereocenters. The Bertz CT molecular complexity index is 558. The van der Waals surface area contributed by atoms with Gasteiger partial charge in [0.1, 0.15) is 0 Å². The zero-order valence-electron chi connectivity index (χ0n) is 12.9. The minimum absolute atomic E-state index is 0.400. The molecule has 1 aliphatic rings. The minimum atomic E-state index is -3.28. The highest BCUT2D eigenvalue weighted by Gasteiger charge is 2.31. The first-order valence-electron chi connectivity index (χ1n) is 7.24. The summed E-state index contributed by atoms with van der Waals surface area (Å²) < 4.78 is 28.0. The Kier molecular flexibility index (Phi) is 5.73. The molecule has 0 radical (unpaired) electrons. The number of hydrogen-bond acceptors (Lipinski definition) is 5. The van der Waals surface area contributed by atoms with Crippen LogP contribution in [0.4, 0.5) is 0 Å². The van der Waals surface area contributed by atoms with Crippen molar-refractivity contribution in [3.63, 3.8) is 0 Å². The maximum atomic E-state index is 12.0. The van der Waals surface area contributed by atoms with Crippen LogP contribution in [0.15, 0.2) is 5.51 Å². The van der Waals surface area contributed by atoms with Gasteiger partial charge in [-0.05, 0) is 26.3 Å². The predicted octanol–water partition coefficient (Wildman–Crippen LogP) is 1.06. The van der Waals surface area contributed by atoms with E-state index in [4.69, 9.17) is 0 Å². The van der Waals surface area contributed by atoms with E-state index in [1.165, 1.54) is 4.88 Å². The highest BCUT2D eigenvalue weighted by atomic mass is 32.2. The molecule has 6 nitrogen and oxygen atoms in total. The summed E-state index contributed by atoms with van der Waals surface area (Å²) in [7, 11) is -1.19. The van der Waals surface area contributed by atoms with Crippen LogP contribution in [-0.4, -0.2) is 55.8 Å². The lowest BCUT2D eigenvalue weighted by Crippen LogP contribution is -2.39. The first kappa shape index (κ1) is 16.8. The Hall–Kier alpha value is -0.540. The molecule has 0 unspecified atom stereocenters. The van der Waals surface area contributed by atoms with Gasteiger partial charge < -0.3 is 4.90 Å². The SMILES string of the molecule is CCNS(=O)(=O)N1CC[C@@H](CN(C)Cc2scnc2C)C1. The molecular formula is C13H24N4O2S2. The van der Waals surface area contributed by atoms with E-state index < -0.39 is 10.2 Å². The topological polar surface area (TPSA) is 65.5 Å². The summed E-state index contributed by atoms with van der Waals surface area (Å²) in [5, 5.41) is 0. The molecule has 2 rings (SSSR count). The van der Waals surface area contributed by atoms with Gasteiger partial charge in [0.05, 0.1) is 11.2 Å². The van der Waals surface area contributed by atoms with Crippen LogP contribution in [0.25, 0.3) is 0 Å². The number of thiazole rings is 1. The zero-order chi connectivity index (χ0) is 15.5. The molecule has 0 spiro atoms. The molecule has 1 aliphatic heterocycles. The molecule has 2 heterocycles. The van der Waals surface area contributed by atoms with Crippen LogP contribution in [-0.2, 0) is 16.8 Å². The normalized spacial score (nSPS) is 20.5. The van der Waals surface area contributed by atoms with Crippen LogP contribution in [0.3, 0.4) is 0 Å². The second kappa shape index (κ2) is 7.15. The van der Waals surface area contributed by atoms with E-state index in [-0.39, 0.29) is 0 Å². The van der Waals surface area contributed by atoms with Crippen molar-refractivity contribution in [2.45, 2.75) is 26.8 Å². The average molecular weight is 332 g/mol. The van der Waals surface area contributed by atoms with Gasteiger partial charge in [0.25, 0.3) is 10.2 Å². The van der Waals surface area contributed by atoms with E-state index in [0.29, 0.717) is 25.6 Å². The summed E-state index contributed by atoms with van der Waals surface area (Å²) in [5.41, 5.74) is 2.97. The number of nitrogens with one attached hydrogen (secondary N) is 1. The lowest BCUT2D eigenvalue weighted by atomic mass is 10.1. The number of rotatable bonds is 7. The van der Waals surface area contributed by atoms with Crippen molar-refractivity contribution in [1.29, 1.82) is 0 Å². The van der Waals surface area contributed by atoms with Crippen molar-refractivity contribution in [1.82, 2.24) is 18.9 Å². The first-order valence-corrected chi connectivity index (χ1v) is 9.56. The molecule has 1 fully saturated rings. The Labute approximate surface area is 131 Å². The fraction of sp³-hybridized carbons (Fsp3) is 0.769. The summed E-state index contributed by atoms with van der Waals surface area (Å²) in [6.45, 7) is 7.29. The molecule has 0 saturated carbocycles. The minimum Gasteiger partial charge on any atom is -0.301 e. The molecule has 8 heteroatoms. The third-order valence-corrected chi connectivity index (χ3v) is 6.33. The molecule has 120 valence electrons. The van der Waals surface area contributed by atoms with E-state index in [2.05, 4.69) is 21.7 Å². The van der Waals surface area contributed by atoms with Crippen molar-refractivity contribution in [2.24, 2.45) is 5.92 Å². The fourth-order valence-electron chi connectivity index (χ4n) is 2.67. The Balaban J connectivity index is 1.84.